The van der Waals surface area contributed by atoms with E-state index in [-0.39, 0.29) is 0 Å². The zero-order valence-electron chi connectivity index (χ0n) is 10.1. The lowest BCUT2D eigenvalue weighted by Gasteiger charge is -1.99. The van der Waals surface area contributed by atoms with Crippen molar-refractivity contribution >= 4 is 18.0 Å². The summed E-state index contributed by atoms with van der Waals surface area (Å²) in [5.41, 5.74) is 1.43. The lowest BCUT2D eigenvalue weighted by molar-refractivity contribution is -0.152. The van der Waals surface area contributed by atoms with Crippen LogP contribution in [0.1, 0.15) is 18.9 Å². The van der Waals surface area contributed by atoms with E-state index in [1.165, 1.54) is 0 Å². The Morgan fingerprint density at radius 3 is 2.61 bits per heavy atom. The first-order chi connectivity index (χ1) is 8.72. The summed E-state index contributed by atoms with van der Waals surface area (Å²) in [4.78, 5) is 23.0. The summed E-state index contributed by atoms with van der Waals surface area (Å²) >= 11 is 0. The van der Waals surface area contributed by atoms with Crippen molar-refractivity contribution in [3.8, 4) is 0 Å². The first kappa shape index (κ1) is 12.3. The van der Waals surface area contributed by atoms with Gasteiger partial charge < -0.3 is 4.74 Å². The molecule has 0 aliphatic carbocycles. The van der Waals surface area contributed by atoms with Gasteiger partial charge in [-0.3, -0.25) is 4.79 Å². The van der Waals surface area contributed by atoms with Gasteiger partial charge in [-0.25, -0.2) is 4.79 Å². The second-order valence-corrected chi connectivity index (χ2v) is 4.02. The summed E-state index contributed by atoms with van der Waals surface area (Å²) in [6.07, 6.45) is 5.98. The fourth-order valence-electron chi connectivity index (χ4n) is 1.85. The summed E-state index contributed by atoms with van der Waals surface area (Å²) in [6.45, 7) is 1.92. The number of cyclic esters (lactones) is 2. The molecular formula is C15H14O3. The third-order valence-corrected chi connectivity index (χ3v) is 2.72. The van der Waals surface area contributed by atoms with Crippen molar-refractivity contribution in [3.05, 3.63) is 53.6 Å². The van der Waals surface area contributed by atoms with E-state index in [2.05, 4.69) is 4.74 Å². The molecule has 1 saturated heterocycles. The van der Waals surface area contributed by atoms with Crippen molar-refractivity contribution in [3.63, 3.8) is 0 Å². The molecule has 1 aliphatic rings. The summed E-state index contributed by atoms with van der Waals surface area (Å²) < 4.78 is 4.63. The van der Waals surface area contributed by atoms with Gasteiger partial charge in [0.25, 0.3) is 0 Å². The SMILES string of the molecule is CCC=C1C(=O)OC(=O)C1C=Cc1ccccc1. The van der Waals surface area contributed by atoms with Crippen LogP contribution in [-0.4, -0.2) is 11.9 Å². The zero-order valence-corrected chi connectivity index (χ0v) is 10.1. The highest BCUT2D eigenvalue weighted by Crippen LogP contribution is 2.25. The quantitative estimate of drug-likeness (QED) is 0.465. The third-order valence-electron chi connectivity index (χ3n) is 2.72. The molecule has 0 saturated carbocycles. The van der Waals surface area contributed by atoms with Crippen LogP contribution in [-0.2, 0) is 14.3 Å². The molecule has 18 heavy (non-hydrogen) atoms. The summed E-state index contributed by atoms with van der Waals surface area (Å²) in [5, 5.41) is 0. The van der Waals surface area contributed by atoms with Gasteiger partial charge in [0.1, 0.15) is 5.92 Å². The first-order valence-corrected chi connectivity index (χ1v) is 5.91. The van der Waals surface area contributed by atoms with Crippen molar-refractivity contribution in [1.82, 2.24) is 0 Å². The number of carbonyl (C=O) groups excluding carboxylic acids is 2. The smallest absolute Gasteiger partial charge is 0.342 e. The van der Waals surface area contributed by atoms with Crippen LogP contribution in [0.5, 0.6) is 0 Å². The predicted octanol–water partition coefficient (Wildman–Crippen LogP) is 2.74. The highest BCUT2D eigenvalue weighted by Gasteiger charge is 2.36. The van der Waals surface area contributed by atoms with Gasteiger partial charge in [0, 0.05) is 0 Å². The fraction of sp³-hybridized carbons (Fsp3) is 0.200. The van der Waals surface area contributed by atoms with E-state index in [1.807, 2.05) is 43.3 Å². The van der Waals surface area contributed by atoms with Crippen molar-refractivity contribution < 1.29 is 14.3 Å². The third kappa shape index (κ3) is 2.56. The van der Waals surface area contributed by atoms with E-state index in [9.17, 15) is 9.59 Å². The van der Waals surface area contributed by atoms with Crippen LogP contribution in [0.3, 0.4) is 0 Å². The molecule has 0 spiro atoms. The Labute approximate surface area is 106 Å². The van der Waals surface area contributed by atoms with Crippen LogP contribution >= 0.6 is 0 Å². The molecule has 0 aromatic heterocycles. The van der Waals surface area contributed by atoms with Crippen LogP contribution in [0.4, 0.5) is 0 Å². The molecule has 3 heteroatoms. The highest BCUT2D eigenvalue weighted by molar-refractivity contribution is 6.08. The van der Waals surface area contributed by atoms with E-state index in [0.29, 0.717) is 12.0 Å². The monoisotopic (exact) mass is 242 g/mol. The Morgan fingerprint density at radius 1 is 1.22 bits per heavy atom. The Morgan fingerprint density at radius 2 is 1.94 bits per heavy atom. The minimum atomic E-state index is -0.572. The standard InChI is InChI=1S/C15H14O3/c1-2-6-12-13(15(17)18-14(12)16)10-9-11-7-4-3-5-8-11/h3-10,13H,2H2,1H3. The molecule has 1 unspecified atom stereocenters. The maximum absolute atomic E-state index is 11.6. The van der Waals surface area contributed by atoms with Gasteiger partial charge in [-0.1, -0.05) is 55.5 Å². The van der Waals surface area contributed by atoms with Crippen molar-refractivity contribution in [2.24, 2.45) is 5.92 Å². The van der Waals surface area contributed by atoms with Gasteiger partial charge in [0.15, 0.2) is 0 Å². The fourth-order valence-corrected chi connectivity index (χ4v) is 1.85. The second kappa shape index (κ2) is 5.45. The highest BCUT2D eigenvalue weighted by atomic mass is 16.6. The number of esters is 2. The molecule has 0 bridgehead atoms. The average molecular weight is 242 g/mol. The number of rotatable bonds is 3. The number of hydrogen-bond acceptors (Lipinski definition) is 3. The van der Waals surface area contributed by atoms with Crippen LogP contribution < -0.4 is 0 Å². The molecule has 3 nitrogen and oxygen atoms in total. The Hall–Kier alpha value is -2.16. The largest absolute Gasteiger partial charge is 0.389 e. The van der Waals surface area contributed by atoms with Crippen LogP contribution in [0, 0.1) is 5.92 Å². The average Bonchev–Trinajstić information content (AvgIpc) is 2.64. The molecule has 2 rings (SSSR count). The van der Waals surface area contributed by atoms with Gasteiger partial charge in [-0.15, -0.1) is 0 Å². The molecule has 0 N–H and O–H groups in total. The lowest BCUT2D eigenvalue weighted by atomic mass is 9.99. The Balaban J connectivity index is 2.22. The van der Waals surface area contributed by atoms with Crippen molar-refractivity contribution in [1.29, 1.82) is 0 Å². The van der Waals surface area contributed by atoms with E-state index in [1.54, 1.807) is 12.2 Å². The topological polar surface area (TPSA) is 43.4 Å². The molecule has 0 amide bonds. The molecule has 92 valence electrons. The maximum atomic E-state index is 11.6. The molecule has 1 aromatic rings. The number of hydrogen-bond donors (Lipinski definition) is 0. The second-order valence-electron chi connectivity index (χ2n) is 4.02. The van der Waals surface area contributed by atoms with Crippen LogP contribution in [0.25, 0.3) is 6.08 Å². The number of ether oxygens (including phenoxy) is 1. The van der Waals surface area contributed by atoms with Crippen molar-refractivity contribution in [2.45, 2.75) is 13.3 Å². The Bertz CT molecular complexity index is 512. The van der Waals surface area contributed by atoms with Gasteiger partial charge in [-0.05, 0) is 12.0 Å². The number of benzene rings is 1. The van der Waals surface area contributed by atoms with Gasteiger partial charge in [-0.2, -0.15) is 0 Å². The lowest BCUT2D eigenvalue weighted by Crippen LogP contribution is -2.05. The number of carbonyl (C=O) groups is 2. The first-order valence-electron chi connectivity index (χ1n) is 5.91. The molecular weight excluding hydrogens is 228 g/mol. The van der Waals surface area contributed by atoms with Gasteiger partial charge >= 0.3 is 11.9 Å². The predicted molar refractivity (Wildman–Crippen MR) is 68.4 cm³/mol. The molecule has 1 atom stereocenters. The molecule has 1 aliphatic heterocycles. The zero-order chi connectivity index (χ0) is 13.0. The summed E-state index contributed by atoms with van der Waals surface area (Å²) in [5.74, 6) is -1.59. The molecule has 0 radical (unpaired) electrons. The van der Waals surface area contributed by atoms with Crippen LogP contribution in [0.15, 0.2) is 48.1 Å². The van der Waals surface area contributed by atoms with Gasteiger partial charge in [0.05, 0.1) is 5.57 Å². The maximum Gasteiger partial charge on any atom is 0.342 e. The normalized spacial score (nSPS) is 21.8. The molecule has 1 fully saturated rings. The van der Waals surface area contributed by atoms with E-state index < -0.39 is 17.9 Å². The molecule has 1 heterocycles. The molecule has 1 aromatic carbocycles. The van der Waals surface area contributed by atoms with Crippen molar-refractivity contribution in [2.75, 3.05) is 0 Å². The van der Waals surface area contributed by atoms with E-state index in [0.717, 1.165) is 5.56 Å². The summed E-state index contributed by atoms with van der Waals surface area (Å²) in [6, 6.07) is 9.62. The van der Waals surface area contributed by atoms with E-state index >= 15 is 0 Å². The minimum Gasteiger partial charge on any atom is -0.389 e. The minimum absolute atomic E-state index is 0.440. The van der Waals surface area contributed by atoms with Gasteiger partial charge in [0.2, 0.25) is 0 Å². The summed E-state index contributed by atoms with van der Waals surface area (Å²) in [7, 11) is 0. The van der Waals surface area contributed by atoms with Crippen LogP contribution in [0.2, 0.25) is 0 Å². The van der Waals surface area contributed by atoms with E-state index in [4.69, 9.17) is 0 Å². The number of allylic oxidation sites excluding steroid dienone is 1. The Kier molecular flexibility index (Phi) is 3.72.